The highest BCUT2D eigenvalue weighted by Gasteiger charge is 2.41. The maximum absolute atomic E-state index is 8.25. The SMILES string of the molecule is CCCCC(CC)C[n+]1ccn(C(C)(C)C(C)(C)CC)c1.O=C[O-]. The maximum Gasteiger partial charge on any atom is 0.244 e. The molecule has 24 heavy (non-hydrogen) atoms. The lowest BCUT2D eigenvalue weighted by Crippen LogP contribution is -2.43. The van der Waals surface area contributed by atoms with Gasteiger partial charge in [0.1, 0.15) is 17.9 Å². The Labute approximate surface area is 148 Å². The van der Waals surface area contributed by atoms with Crippen LogP contribution in [0, 0.1) is 11.3 Å². The van der Waals surface area contributed by atoms with Crippen LogP contribution in [0.4, 0.5) is 0 Å². The van der Waals surface area contributed by atoms with Gasteiger partial charge in [-0.05, 0) is 39.0 Å². The Balaban J connectivity index is 0.00000163. The van der Waals surface area contributed by atoms with Gasteiger partial charge in [-0.2, -0.15) is 0 Å². The van der Waals surface area contributed by atoms with Gasteiger partial charge in [-0.3, -0.25) is 0 Å². The van der Waals surface area contributed by atoms with E-state index in [9.17, 15) is 0 Å². The first kappa shape index (κ1) is 22.7. The summed E-state index contributed by atoms with van der Waals surface area (Å²) >= 11 is 0. The van der Waals surface area contributed by atoms with Gasteiger partial charge in [0.2, 0.25) is 6.33 Å². The minimum atomic E-state index is -0.500. The molecule has 0 N–H and O–H groups in total. The van der Waals surface area contributed by atoms with Crippen molar-refractivity contribution in [1.29, 1.82) is 0 Å². The predicted octanol–water partition coefficient (Wildman–Crippen LogP) is 3.53. The summed E-state index contributed by atoms with van der Waals surface area (Å²) < 4.78 is 4.79. The molecular formula is C20H38N2O2. The monoisotopic (exact) mass is 338 g/mol. The predicted molar refractivity (Wildman–Crippen MR) is 97.4 cm³/mol. The van der Waals surface area contributed by atoms with E-state index in [1.165, 1.54) is 32.1 Å². The highest BCUT2D eigenvalue weighted by Crippen LogP contribution is 2.39. The number of nitrogens with zero attached hydrogens (tertiary/aromatic N) is 2. The molecule has 4 heteroatoms. The van der Waals surface area contributed by atoms with Gasteiger partial charge in [-0.1, -0.05) is 47.5 Å². The molecule has 1 unspecified atom stereocenters. The lowest BCUT2D eigenvalue weighted by Gasteiger charge is -2.38. The Morgan fingerprint density at radius 1 is 1.21 bits per heavy atom. The van der Waals surface area contributed by atoms with E-state index in [0.717, 1.165) is 12.5 Å². The zero-order chi connectivity index (χ0) is 18.8. The summed E-state index contributed by atoms with van der Waals surface area (Å²) in [5, 5.41) is 8.25. The third-order valence-electron chi connectivity index (χ3n) is 5.89. The van der Waals surface area contributed by atoms with Crippen LogP contribution in [-0.2, 0) is 16.9 Å². The highest BCUT2D eigenvalue weighted by atomic mass is 16.3. The number of aromatic nitrogens is 2. The minimum Gasteiger partial charge on any atom is -0.554 e. The molecule has 1 atom stereocenters. The zero-order valence-corrected chi connectivity index (χ0v) is 16.8. The van der Waals surface area contributed by atoms with Crippen molar-refractivity contribution in [3.8, 4) is 0 Å². The van der Waals surface area contributed by atoms with E-state index < -0.39 is 6.47 Å². The average Bonchev–Trinajstić information content (AvgIpc) is 3.01. The molecule has 0 fully saturated rings. The van der Waals surface area contributed by atoms with Crippen molar-refractivity contribution in [2.75, 3.05) is 0 Å². The number of carboxylic acid groups (broad SMARTS) is 1. The average molecular weight is 339 g/mol. The summed E-state index contributed by atoms with van der Waals surface area (Å²) in [4.78, 5) is 8.25. The number of carbonyl (C=O) groups excluding carboxylic acids is 1. The van der Waals surface area contributed by atoms with E-state index in [2.05, 4.69) is 76.3 Å². The van der Waals surface area contributed by atoms with Crippen LogP contribution in [0.25, 0.3) is 0 Å². The highest BCUT2D eigenvalue weighted by molar-refractivity contribution is 5.29. The van der Waals surface area contributed by atoms with Crippen LogP contribution in [0.2, 0.25) is 0 Å². The maximum atomic E-state index is 8.25. The number of rotatable bonds is 9. The van der Waals surface area contributed by atoms with Gasteiger partial charge in [0.15, 0.2) is 0 Å². The molecule has 0 aliphatic carbocycles. The molecular weight excluding hydrogens is 300 g/mol. The minimum absolute atomic E-state index is 0.137. The van der Waals surface area contributed by atoms with Crippen LogP contribution < -0.4 is 9.67 Å². The molecule has 0 aliphatic rings. The van der Waals surface area contributed by atoms with Gasteiger partial charge in [0, 0.05) is 11.9 Å². The normalized spacial score (nSPS) is 13.1. The van der Waals surface area contributed by atoms with Crippen LogP contribution in [-0.4, -0.2) is 11.0 Å². The second-order valence-corrected chi connectivity index (χ2v) is 7.83. The molecule has 1 aromatic rings. The fourth-order valence-corrected chi connectivity index (χ4v) is 2.83. The van der Waals surface area contributed by atoms with Crippen molar-refractivity contribution < 1.29 is 14.5 Å². The Kier molecular flexibility index (Phi) is 9.95. The van der Waals surface area contributed by atoms with E-state index in [0.29, 0.717) is 0 Å². The largest absolute Gasteiger partial charge is 0.554 e. The Hall–Kier alpha value is -1.32. The van der Waals surface area contributed by atoms with Crippen LogP contribution in [0.1, 0.15) is 80.6 Å². The Morgan fingerprint density at radius 3 is 2.25 bits per heavy atom. The molecule has 0 aliphatic heterocycles. The number of carbonyl (C=O) groups is 1. The van der Waals surface area contributed by atoms with Crippen LogP contribution >= 0.6 is 0 Å². The first-order chi connectivity index (χ1) is 11.2. The summed E-state index contributed by atoms with van der Waals surface area (Å²) in [7, 11) is 0. The summed E-state index contributed by atoms with van der Waals surface area (Å²) in [5.74, 6) is 0.813. The fraction of sp³-hybridized carbons (Fsp3) is 0.800. The van der Waals surface area contributed by atoms with Crippen LogP contribution in [0.15, 0.2) is 18.7 Å². The van der Waals surface area contributed by atoms with E-state index in [-0.39, 0.29) is 11.0 Å². The number of hydrogen-bond acceptors (Lipinski definition) is 2. The molecule has 1 aromatic heterocycles. The smallest absolute Gasteiger partial charge is 0.244 e. The van der Waals surface area contributed by atoms with Gasteiger partial charge in [0.05, 0.1) is 6.54 Å². The molecule has 4 nitrogen and oxygen atoms in total. The molecule has 0 aromatic carbocycles. The van der Waals surface area contributed by atoms with E-state index >= 15 is 0 Å². The van der Waals surface area contributed by atoms with Gasteiger partial charge >= 0.3 is 0 Å². The third kappa shape index (κ3) is 6.29. The summed E-state index contributed by atoms with van der Waals surface area (Å²) in [6, 6.07) is 0. The van der Waals surface area contributed by atoms with Gasteiger partial charge in [-0.15, -0.1) is 0 Å². The van der Waals surface area contributed by atoms with Crippen molar-refractivity contribution in [1.82, 2.24) is 4.57 Å². The van der Waals surface area contributed by atoms with Gasteiger partial charge < -0.3 is 9.90 Å². The standard InChI is InChI=1S/C19H37N2.CH2O2/c1-8-11-12-17(9-2)15-20-13-14-21(16-20)19(6,7)18(4,5)10-3;2-1-3/h13-14,16-17H,8-12,15H2,1-7H3;1H,(H,2,3)/q+1;/p-1. The second-order valence-electron chi connectivity index (χ2n) is 7.83. The zero-order valence-electron chi connectivity index (χ0n) is 16.8. The fourth-order valence-electron chi connectivity index (χ4n) is 2.83. The topological polar surface area (TPSA) is 48.9 Å². The summed E-state index contributed by atoms with van der Waals surface area (Å²) in [6.45, 7) is 17.0. The van der Waals surface area contributed by atoms with Crippen molar-refractivity contribution in [2.45, 2.75) is 92.7 Å². The summed E-state index contributed by atoms with van der Waals surface area (Å²) in [6.07, 6.45) is 13.3. The first-order valence-corrected chi connectivity index (χ1v) is 9.33. The molecule has 1 rings (SSSR count). The summed E-state index contributed by atoms with van der Waals surface area (Å²) in [5.41, 5.74) is 0.425. The van der Waals surface area contributed by atoms with E-state index in [1.807, 2.05) is 0 Å². The van der Waals surface area contributed by atoms with Crippen molar-refractivity contribution in [2.24, 2.45) is 11.3 Å². The van der Waals surface area contributed by atoms with Crippen molar-refractivity contribution in [3.05, 3.63) is 18.7 Å². The van der Waals surface area contributed by atoms with E-state index in [1.54, 1.807) is 0 Å². The third-order valence-corrected chi connectivity index (χ3v) is 5.89. The second kappa shape index (κ2) is 10.5. The van der Waals surface area contributed by atoms with Crippen molar-refractivity contribution >= 4 is 6.47 Å². The molecule has 0 saturated heterocycles. The number of imidazole rings is 1. The first-order valence-electron chi connectivity index (χ1n) is 9.33. The van der Waals surface area contributed by atoms with Crippen LogP contribution in [0.3, 0.4) is 0 Å². The quantitative estimate of drug-likeness (QED) is 0.511. The van der Waals surface area contributed by atoms with Gasteiger partial charge in [-0.25, -0.2) is 9.13 Å². The van der Waals surface area contributed by atoms with Gasteiger partial charge in [0.25, 0.3) is 0 Å². The van der Waals surface area contributed by atoms with Crippen LogP contribution in [0.5, 0.6) is 0 Å². The lowest BCUT2D eigenvalue weighted by molar-refractivity contribution is -0.703. The molecule has 0 bridgehead atoms. The number of hydrogen-bond donors (Lipinski definition) is 0. The lowest BCUT2D eigenvalue weighted by atomic mass is 9.72. The molecule has 1 heterocycles. The van der Waals surface area contributed by atoms with E-state index in [4.69, 9.17) is 9.90 Å². The Morgan fingerprint density at radius 2 is 1.79 bits per heavy atom. The molecule has 0 radical (unpaired) electrons. The molecule has 0 amide bonds. The molecule has 0 spiro atoms. The molecule has 0 saturated carbocycles. The molecule has 140 valence electrons. The Bertz CT molecular complexity index is 464. The number of unbranched alkanes of at least 4 members (excludes halogenated alkanes) is 1. The van der Waals surface area contributed by atoms with Crippen molar-refractivity contribution in [3.63, 3.8) is 0 Å².